The first-order valence-corrected chi connectivity index (χ1v) is 6.15. The molecule has 0 aromatic rings. The lowest BCUT2D eigenvalue weighted by Crippen LogP contribution is -2.02. The molecule has 2 atom stereocenters. The van der Waals surface area contributed by atoms with Crippen molar-refractivity contribution in [3.05, 3.63) is 0 Å². The summed E-state index contributed by atoms with van der Waals surface area (Å²) >= 11 is 10.4. The van der Waals surface area contributed by atoms with E-state index in [0.29, 0.717) is 8.78 Å². The van der Waals surface area contributed by atoms with Gasteiger partial charge in [-0.3, -0.25) is 4.21 Å². The van der Waals surface area contributed by atoms with Crippen molar-refractivity contribution in [1.82, 2.24) is 0 Å². The Labute approximate surface area is 78.2 Å². The molecule has 0 aliphatic carbocycles. The van der Waals surface area contributed by atoms with Crippen molar-refractivity contribution >= 4 is 50.9 Å². The Morgan fingerprint density at radius 3 is 2.90 bits per heavy atom. The van der Waals surface area contributed by atoms with Gasteiger partial charge in [-0.15, -0.1) is 24.4 Å². The van der Waals surface area contributed by atoms with Crippen LogP contribution in [0, 0.1) is 0 Å². The fourth-order valence-corrected chi connectivity index (χ4v) is 4.42. The largest absolute Gasteiger partial charge is 0.260 e. The Morgan fingerprint density at radius 2 is 2.50 bits per heavy atom. The molecule has 1 rings (SSSR count). The number of rotatable bonds is 1. The molecule has 1 aliphatic rings. The molecule has 0 radical (unpaired) electrons. The van der Waals surface area contributed by atoms with Gasteiger partial charge in [0.15, 0.2) is 0 Å². The second-order valence-corrected chi connectivity index (χ2v) is 6.76. The van der Waals surface area contributed by atoms with E-state index in [4.69, 9.17) is 12.2 Å². The van der Waals surface area contributed by atoms with Crippen LogP contribution in [0.25, 0.3) is 0 Å². The highest BCUT2D eigenvalue weighted by molar-refractivity contribution is 8.42. The van der Waals surface area contributed by atoms with Gasteiger partial charge in [-0.05, 0) is 6.42 Å². The lowest BCUT2D eigenvalue weighted by Gasteiger charge is -2.02. The molecule has 10 heavy (non-hydrogen) atoms. The van der Waals surface area contributed by atoms with E-state index in [1.807, 2.05) is 0 Å². The minimum absolute atomic E-state index is 0.464. The lowest BCUT2D eigenvalue weighted by molar-refractivity contribution is 0.687. The molecule has 0 bridgehead atoms. The van der Waals surface area contributed by atoms with Crippen LogP contribution in [-0.2, 0) is 10.8 Å². The zero-order chi connectivity index (χ0) is 7.56. The molecular formula is C5H8OS4. The first-order valence-electron chi connectivity index (χ1n) is 2.93. The summed E-state index contributed by atoms with van der Waals surface area (Å²) in [6, 6.07) is 0. The number of thioether (sulfide) groups is 1. The summed E-state index contributed by atoms with van der Waals surface area (Å²) in [5, 5.41) is 0.464. The molecule has 5 heteroatoms. The Kier molecular flexibility index (Phi) is 3.69. The zero-order valence-electron chi connectivity index (χ0n) is 5.28. The van der Waals surface area contributed by atoms with Crippen LogP contribution in [0.15, 0.2) is 0 Å². The maximum Gasteiger partial charge on any atom is 0.101 e. The van der Waals surface area contributed by atoms with Gasteiger partial charge in [-0.25, -0.2) is 0 Å². The van der Waals surface area contributed by atoms with Gasteiger partial charge >= 0.3 is 0 Å². The SMILES string of the molecule is O=[S@]1CC[C@H](SC(=S)S)C1. The van der Waals surface area contributed by atoms with E-state index in [-0.39, 0.29) is 0 Å². The molecule has 0 aromatic carbocycles. The van der Waals surface area contributed by atoms with Gasteiger partial charge in [0, 0.05) is 27.6 Å². The molecule has 1 fully saturated rings. The highest BCUT2D eigenvalue weighted by Crippen LogP contribution is 2.24. The van der Waals surface area contributed by atoms with Crippen LogP contribution in [0.2, 0.25) is 0 Å². The van der Waals surface area contributed by atoms with Crippen molar-refractivity contribution in [3.8, 4) is 0 Å². The van der Waals surface area contributed by atoms with Crippen LogP contribution in [0.5, 0.6) is 0 Å². The predicted octanol–water partition coefficient (Wildman–Crippen LogP) is 1.46. The predicted molar refractivity (Wildman–Crippen MR) is 55.5 cm³/mol. The molecule has 1 saturated heterocycles. The summed E-state index contributed by atoms with van der Waals surface area (Å²) in [7, 11) is -0.584. The first kappa shape index (κ1) is 9.03. The summed E-state index contributed by atoms with van der Waals surface area (Å²) in [5.74, 6) is 1.64. The van der Waals surface area contributed by atoms with Gasteiger partial charge in [0.1, 0.15) is 3.53 Å². The van der Waals surface area contributed by atoms with Crippen molar-refractivity contribution in [2.75, 3.05) is 11.5 Å². The van der Waals surface area contributed by atoms with Gasteiger partial charge in [0.25, 0.3) is 0 Å². The van der Waals surface area contributed by atoms with E-state index >= 15 is 0 Å². The van der Waals surface area contributed by atoms with Gasteiger partial charge in [-0.1, -0.05) is 12.2 Å². The normalized spacial score (nSPS) is 32.5. The average molecular weight is 212 g/mol. The molecule has 0 N–H and O–H groups in total. The number of thiocarbonyl (C=S) groups is 1. The molecule has 1 heterocycles. The molecule has 0 spiro atoms. The summed E-state index contributed by atoms with van der Waals surface area (Å²) in [6.07, 6.45) is 1.03. The highest BCUT2D eigenvalue weighted by atomic mass is 32.2. The Balaban J connectivity index is 2.31. The third-order valence-electron chi connectivity index (χ3n) is 1.31. The lowest BCUT2D eigenvalue weighted by atomic mass is 10.4. The molecular weight excluding hydrogens is 204 g/mol. The molecule has 0 aromatic heterocycles. The topological polar surface area (TPSA) is 17.1 Å². The third-order valence-corrected chi connectivity index (χ3v) is 4.53. The monoisotopic (exact) mass is 212 g/mol. The van der Waals surface area contributed by atoms with E-state index < -0.39 is 10.8 Å². The molecule has 58 valence electrons. The highest BCUT2D eigenvalue weighted by Gasteiger charge is 2.21. The van der Waals surface area contributed by atoms with Crippen molar-refractivity contribution in [2.24, 2.45) is 0 Å². The molecule has 0 unspecified atom stereocenters. The van der Waals surface area contributed by atoms with E-state index in [9.17, 15) is 4.21 Å². The molecule has 0 amide bonds. The van der Waals surface area contributed by atoms with Crippen LogP contribution in [0.4, 0.5) is 0 Å². The number of hydrogen-bond acceptors (Lipinski definition) is 3. The maximum absolute atomic E-state index is 10.9. The molecule has 1 nitrogen and oxygen atoms in total. The maximum atomic E-state index is 10.9. The summed E-state index contributed by atoms with van der Waals surface area (Å²) < 4.78 is 11.5. The minimum Gasteiger partial charge on any atom is -0.260 e. The second kappa shape index (κ2) is 4.09. The van der Waals surface area contributed by atoms with Crippen LogP contribution in [0.1, 0.15) is 6.42 Å². The van der Waals surface area contributed by atoms with Crippen LogP contribution >= 0.6 is 36.6 Å². The van der Waals surface area contributed by atoms with Gasteiger partial charge in [0.05, 0.1) is 0 Å². The average Bonchev–Trinajstić information content (AvgIpc) is 2.13. The Morgan fingerprint density at radius 1 is 1.80 bits per heavy atom. The van der Waals surface area contributed by atoms with E-state index in [0.717, 1.165) is 17.9 Å². The minimum atomic E-state index is -0.584. The molecule has 0 saturated carbocycles. The van der Waals surface area contributed by atoms with Gasteiger partial charge < -0.3 is 0 Å². The first-order chi connectivity index (χ1) is 4.68. The Bertz CT molecular complexity index is 167. The van der Waals surface area contributed by atoms with Gasteiger partial charge in [-0.2, -0.15) is 0 Å². The van der Waals surface area contributed by atoms with Crippen LogP contribution in [-0.4, -0.2) is 24.5 Å². The fourth-order valence-electron chi connectivity index (χ4n) is 0.872. The fraction of sp³-hybridized carbons (Fsp3) is 0.800. The summed E-state index contributed by atoms with van der Waals surface area (Å²) in [5.41, 5.74) is 0. The summed E-state index contributed by atoms with van der Waals surface area (Å²) in [6.45, 7) is 0. The van der Waals surface area contributed by atoms with Crippen LogP contribution < -0.4 is 0 Å². The van der Waals surface area contributed by atoms with Crippen molar-refractivity contribution in [3.63, 3.8) is 0 Å². The van der Waals surface area contributed by atoms with E-state index in [1.54, 1.807) is 11.8 Å². The Hall–Kier alpha value is 0.940. The van der Waals surface area contributed by atoms with E-state index in [2.05, 4.69) is 12.6 Å². The van der Waals surface area contributed by atoms with Gasteiger partial charge in [0.2, 0.25) is 0 Å². The van der Waals surface area contributed by atoms with Crippen molar-refractivity contribution in [2.45, 2.75) is 11.7 Å². The number of thiol groups is 1. The van der Waals surface area contributed by atoms with Crippen LogP contribution in [0.3, 0.4) is 0 Å². The zero-order valence-corrected chi connectivity index (χ0v) is 8.62. The standard InChI is InChI=1S/C5H8OS4/c6-10-2-1-4(3-10)9-5(7)8/h4H,1-3H2,(H,7,8)/t4-,10-/m0/s1. The second-order valence-electron chi connectivity index (χ2n) is 2.11. The molecule has 1 aliphatic heterocycles. The van der Waals surface area contributed by atoms with E-state index in [1.165, 1.54) is 0 Å². The quantitative estimate of drug-likeness (QED) is 0.524. The van der Waals surface area contributed by atoms with Crippen molar-refractivity contribution < 1.29 is 4.21 Å². The third kappa shape index (κ3) is 2.90. The summed E-state index contributed by atoms with van der Waals surface area (Å²) in [4.78, 5) is 0. The van der Waals surface area contributed by atoms with Crippen molar-refractivity contribution in [1.29, 1.82) is 0 Å². The smallest absolute Gasteiger partial charge is 0.101 e. The number of hydrogen-bond donors (Lipinski definition) is 1.